The molecule has 24 heavy (non-hydrogen) atoms. The summed E-state index contributed by atoms with van der Waals surface area (Å²) in [4.78, 5) is 12.1. The lowest BCUT2D eigenvalue weighted by Crippen LogP contribution is -2.10. The van der Waals surface area contributed by atoms with Crippen LogP contribution in [0.25, 0.3) is 0 Å². The SMILES string of the molecule is COCOc1cc(OCOC)c(C(C)=O)c(OC)c1CC=C(C)C. The molecule has 0 heterocycles. The van der Waals surface area contributed by atoms with Crippen LogP contribution in [0.15, 0.2) is 17.7 Å². The highest BCUT2D eigenvalue weighted by molar-refractivity contribution is 6.00. The van der Waals surface area contributed by atoms with Crippen LogP contribution in [0.3, 0.4) is 0 Å². The summed E-state index contributed by atoms with van der Waals surface area (Å²) >= 11 is 0. The Labute approximate surface area is 143 Å². The summed E-state index contributed by atoms with van der Waals surface area (Å²) in [5.74, 6) is 1.19. The maximum absolute atomic E-state index is 12.1. The molecule has 0 atom stereocenters. The van der Waals surface area contributed by atoms with Crippen LogP contribution in [0, 0.1) is 0 Å². The molecule has 1 aromatic rings. The fourth-order valence-electron chi connectivity index (χ4n) is 2.20. The Morgan fingerprint density at radius 3 is 2.04 bits per heavy atom. The van der Waals surface area contributed by atoms with E-state index in [1.54, 1.807) is 13.2 Å². The monoisotopic (exact) mass is 338 g/mol. The molecule has 0 aliphatic heterocycles. The minimum atomic E-state index is -0.158. The molecule has 0 aliphatic carbocycles. The summed E-state index contributed by atoms with van der Waals surface area (Å²) in [6.45, 7) is 5.57. The Morgan fingerprint density at radius 2 is 1.58 bits per heavy atom. The van der Waals surface area contributed by atoms with E-state index in [0.29, 0.717) is 29.2 Å². The van der Waals surface area contributed by atoms with Crippen molar-refractivity contribution < 1.29 is 28.5 Å². The Bertz CT molecular complexity index is 588. The number of rotatable bonds is 10. The van der Waals surface area contributed by atoms with E-state index in [9.17, 15) is 4.79 Å². The lowest BCUT2D eigenvalue weighted by Gasteiger charge is -2.19. The van der Waals surface area contributed by atoms with Crippen LogP contribution >= 0.6 is 0 Å². The highest BCUT2D eigenvalue weighted by atomic mass is 16.7. The second-order valence-corrected chi connectivity index (χ2v) is 5.40. The third kappa shape index (κ3) is 5.25. The molecule has 1 aromatic carbocycles. The van der Waals surface area contributed by atoms with Gasteiger partial charge in [0.1, 0.15) is 22.8 Å². The molecule has 0 radical (unpaired) electrons. The van der Waals surface area contributed by atoms with Gasteiger partial charge in [-0.05, 0) is 27.2 Å². The highest BCUT2D eigenvalue weighted by Crippen LogP contribution is 2.40. The number of hydrogen-bond acceptors (Lipinski definition) is 6. The van der Waals surface area contributed by atoms with E-state index in [1.807, 2.05) is 19.9 Å². The molecule has 0 spiro atoms. The van der Waals surface area contributed by atoms with Crippen molar-refractivity contribution in [2.45, 2.75) is 27.2 Å². The molecule has 134 valence electrons. The van der Waals surface area contributed by atoms with Gasteiger partial charge in [0.15, 0.2) is 19.4 Å². The lowest BCUT2D eigenvalue weighted by atomic mass is 10.00. The first kappa shape index (κ1) is 20.0. The minimum absolute atomic E-state index is 0.0144. The predicted molar refractivity (Wildman–Crippen MR) is 91.1 cm³/mol. The van der Waals surface area contributed by atoms with Crippen molar-refractivity contribution in [2.75, 3.05) is 34.9 Å². The van der Waals surface area contributed by atoms with Crippen molar-refractivity contribution in [1.29, 1.82) is 0 Å². The summed E-state index contributed by atoms with van der Waals surface area (Å²) in [7, 11) is 4.57. The van der Waals surface area contributed by atoms with E-state index in [1.165, 1.54) is 21.1 Å². The van der Waals surface area contributed by atoms with Crippen molar-refractivity contribution in [3.05, 3.63) is 28.8 Å². The molecule has 0 saturated heterocycles. The molecule has 0 N–H and O–H groups in total. The predicted octanol–water partition coefficient (Wildman–Crippen LogP) is 3.37. The fraction of sp³-hybridized carbons (Fsp3) is 0.500. The minimum Gasteiger partial charge on any atom is -0.495 e. The van der Waals surface area contributed by atoms with E-state index in [2.05, 4.69) is 0 Å². The van der Waals surface area contributed by atoms with Crippen LogP contribution < -0.4 is 14.2 Å². The van der Waals surface area contributed by atoms with Gasteiger partial charge in [0, 0.05) is 25.8 Å². The average Bonchev–Trinajstić information content (AvgIpc) is 2.55. The van der Waals surface area contributed by atoms with E-state index in [4.69, 9.17) is 23.7 Å². The molecule has 0 aliphatic rings. The van der Waals surface area contributed by atoms with Crippen LogP contribution in [0.4, 0.5) is 0 Å². The number of allylic oxidation sites excluding steroid dienone is 2. The summed E-state index contributed by atoms with van der Waals surface area (Å²) in [6.07, 6.45) is 2.60. The number of benzene rings is 1. The maximum atomic E-state index is 12.1. The topological polar surface area (TPSA) is 63.2 Å². The number of Topliss-reactive ketones (excluding diaryl/α,β-unsaturated/α-hetero) is 1. The van der Waals surface area contributed by atoms with Gasteiger partial charge in [-0.25, -0.2) is 0 Å². The summed E-state index contributed by atoms with van der Waals surface area (Å²) in [5.41, 5.74) is 2.29. The summed E-state index contributed by atoms with van der Waals surface area (Å²) in [5, 5.41) is 0. The summed E-state index contributed by atoms with van der Waals surface area (Å²) < 4.78 is 26.6. The van der Waals surface area contributed by atoms with Crippen molar-refractivity contribution in [2.24, 2.45) is 0 Å². The highest BCUT2D eigenvalue weighted by Gasteiger charge is 2.23. The smallest absolute Gasteiger partial charge is 0.188 e. The molecular formula is C18H26O6. The quantitative estimate of drug-likeness (QED) is 0.370. The number of carbonyl (C=O) groups excluding carboxylic acids is 1. The molecule has 1 rings (SSSR count). The second kappa shape index (κ2) is 9.95. The van der Waals surface area contributed by atoms with Gasteiger partial charge in [-0.2, -0.15) is 0 Å². The van der Waals surface area contributed by atoms with Gasteiger partial charge >= 0.3 is 0 Å². The zero-order valence-electron chi connectivity index (χ0n) is 15.2. The molecule has 0 aromatic heterocycles. The van der Waals surface area contributed by atoms with Crippen LogP contribution in [-0.4, -0.2) is 40.7 Å². The number of carbonyl (C=O) groups is 1. The Hall–Kier alpha value is -2.05. The molecule has 6 nitrogen and oxygen atoms in total. The normalized spacial score (nSPS) is 10.2. The van der Waals surface area contributed by atoms with Gasteiger partial charge in [0.25, 0.3) is 0 Å². The van der Waals surface area contributed by atoms with Crippen LogP contribution in [-0.2, 0) is 15.9 Å². The first-order chi connectivity index (χ1) is 11.5. The first-order valence-corrected chi connectivity index (χ1v) is 7.57. The van der Waals surface area contributed by atoms with Crippen LogP contribution in [0.1, 0.15) is 36.7 Å². The van der Waals surface area contributed by atoms with E-state index in [-0.39, 0.29) is 19.4 Å². The number of ketones is 1. The zero-order chi connectivity index (χ0) is 18.1. The Morgan fingerprint density at radius 1 is 1.00 bits per heavy atom. The van der Waals surface area contributed by atoms with E-state index >= 15 is 0 Å². The summed E-state index contributed by atoms with van der Waals surface area (Å²) in [6, 6.07) is 1.67. The fourth-order valence-corrected chi connectivity index (χ4v) is 2.20. The Kier molecular flexibility index (Phi) is 8.29. The van der Waals surface area contributed by atoms with Gasteiger partial charge in [0.05, 0.1) is 7.11 Å². The molecule has 0 bridgehead atoms. The van der Waals surface area contributed by atoms with E-state index < -0.39 is 0 Å². The molecule has 0 amide bonds. The Balaban J connectivity index is 3.52. The molecule has 0 fully saturated rings. The maximum Gasteiger partial charge on any atom is 0.188 e. The number of methoxy groups -OCH3 is 3. The van der Waals surface area contributed by atoms with Gasteiger partial charge in [-0.3, -0.25) is 4.79 Å². The molecule has 0 saturated carbocycles. The lowest BCUT2D eigenvalue weighted by molar-refractivity contribution is 0.0448. The van der Waals surface area contributed by atoms with Crippen molar-refractivity contribution >= 4 is 5.78 Å². The standard InChI is InChI=1S/C18H26O6/c1-12(2)7-8-14-15(23-10-20-4)9-16(24-11-21-5)17(13(3)19)18(14)22-6/h7,9H,8,10-11H2,1-6H3. The first-order valence-electron chi connectivity index (χ1n) is 7.57. The number of hydrogen-bond donors (Lipinski definition) is 0. The van der Waals surface area contributed by atoms with Crippen molar-refractivity contribution in [3.8, 4) is 17.2 Å². The molecule has 0 unspecified atom stereocenters. The second-order valence-electron chi connectivity index (χ2n) is 5.40. The van der Waals surface area contributed by atoms with Crippen LogP contribution in [0.5, 0.6) is 17.2 Å². The van der Waals surface area contributed by atoms with Gasteiger partial charge in [-0.1, -0.05) is 11.6 Å². The average molecular weight is 338 g/mol. The van der Waals surface area contributed by atoms with Gasteiger partial charge in [0.2, 0.25) is 0 Å². The van der Waals surface area contributed by atoms with Crippen molar-refractivity contribution in [3.63, 3.8) is 0 Å². The molecule has 6 heteroatoms. The van der Waals surface area contributed by atoms with Crippen LogP contribution in [0.2, 0.25) is 0 Å². The van der Waals surface area contributed by atoms with Gasteiger partial charge < -0.3 is 23.7 Å². The largest absolute Gasteiger partial charge is 0.495 e. The molecular weight excluding hydrogens is 312 g/mol. The third-order valence-electron chi connectivity index (χ3n) is 3.24. The number of ether oxygens (including phenoxy) is 5. The zero-order valence-corrected chi connectivity index (χ0v) is 15.2. The van der Waals surface area contributed by atoms with Gasteiger partial charge in [-0.15, -0.1) is 0 Å². The van der Waals surface area contributed by atoms with Crippen molar-refractivity contribution in [1.82, 2.24) is 0 Å². The third-order valence-corrected chi connectivity index (χ3v) is 3.24. The van der Waals surface area contributed by atoms with E-state index in [0.717, 1.165) is 11.1 Å².